The Hall–Kier alpha value is -2.67. The van der Waals surface area contributed by atoms with Crippen molar-refractivity contribution < 1.29 is 23.9 Å². The first-order chi connectivity index (χ1) is 13.9. The van der Waals surface area contributed by atoms with Gasteiger partial charge < -0.3 is 14.8 Å². The van der Waals surface area contributed by atoms with Gasteiger partial charge in [0, 0.05) is 22.5 Å². The normalized spacial score (nSPS) is 18.9. The summed E-state index contributed by atoms with van der Waals surface area (Å²) in [5.41, 5.74) is 1.53. The minimum atomic E-state index is -1.15. The minimum Gasteiger partial charge on any atom is -0.466 e. The molecule has 29 heavy (non-hydrogen) atoms. The molecule has 2 aromatic rings. The van der Waals surface area contributed by atoms with Gasteiger partial charge in [-0.2, -0.15) is 0 Å². The Morgan fingerprint density at radius 3 is 2.62 bits per heavy atom. The zero-order valence-corrected chi connectivity index (χ0v) is 17.8. The van der Waals surface area contributed by atoms with E-state index in [0.717, 1.165) is 10.0 Å². The van der Waals surface area contributed by atoms with Crippen LogP contribution < -0.4 is 10.1 Å². The first-order valence-corrected chi connectivity index (χ1v) is 10.2. The maximum Gasteiger partial charge on any atom is 0.324 e. The Kier molecular flexibility index (Phi) is 6.69. The Labute approximate surface area is 177 Å². The van der Waals surface area contributed by atoms with E-state index in [1.807, 2.05) is 30.3 Å². The first kappa shape index (κ1) is 21.0. The molecule has 0 aliphatic carbocycles. The summed E-state index contributed by atoms with van der Waals surface area (Å²) in [6.07, 6.45) is 0. The van der Waals surface area contributed by atoms with E-state index in [1.54, 1.807) is 32.0 Å². The molecule has 0 saturated carbocycles. The van der Waals surface area contributed by atoms with Crippen molar-refractivity contribution >= 4 is 33.8 Å². The average molecular weight is 460 g/mol. The molecule has 1 heterocycles. The van der Waals surface area contributed by atoms with Crippen LogP contribution in [0, 0.1) is 11.8 Å². The number of nitrogens with one attached hydrogen (secondary N) is 1. The molecule has 3 atom stereocenters. The Morgan fingerprint density at radius 1 is 1.21 bits per heavy atom. The molecule has 3 rings (SSSR count). The fourth-order valence-corrected chi connectivity index (χ4v) is 3.89. The van der Waals surface area contributed by atoms with E-state index in [2.05, 4.69) is 21.2 Å². The molecule has 1 aliphatic rings. The average Bonchev–Trinajstić information content (AvgIpc) is 2.71. The van der Waals surface area contributed by atoms with Gasteiger partial charge >= 0.3 is 11.9 Å². The number of hydrogen-bond donors (Lipinski definition) is 1. The topological polar surface area (TPSA) is 81.7 Å². The molecule has 1 N–H and O–H groups in total. The maximum atomic E-state index is 13.0. The molecule has 0 aromatic heterocycles. The summed E-state index contributed by atoms with van der Waals surface area (Å²) < 4.78 is 11.3. The Bertz CT molecular complexity index is 915. The van der Waals surface area contributed by atoms with Gasteiger partial charge in [-0.1, -0.05) is 53.2 Å². The molecular formula is C22H22BrNO5. The molecule has 7 heteroatoms. The van der Waals surface area contributed by atoms with Crippen molar-refractivity contribution in [3.8, 4) is 5.75 Å². The molecular weight excluding hydrogens is 438 g/mol. The highest BCUT2D eigenvalue weighted by molar-refractivity contribution is 9.10. The lowest BCUT2D eigenvalue weighted by molar-refractivity contribution is -0.153. The van der Waals surface area contributed by atoms with E-state index in [0.29, 0.717) is 11.3 Å². The van der Waals surface area contributed by atoms with Gasteiger partial charge in [0.2, 0.25) is 5.91 Å². The molecule has 0 fully saturated rings. The highest BCUT2D eigenvalue weighted by Gasteiger charge is 2.47. The fourth-order valence-electron chi connectivity index (χ4n) is 3.51. The second-order valence-corrected chi connectivity index (χ2v) is 7.77. The summed E-state index contributed by atoms with van der Waals surface area (Å²) in [4.78, 5) is 38.2. The second kappa shape index (κ2) is 9.22. The second-order valence-electron chi connectivity index (χ2n) is 6.85. The molecule has 1 amide bonds. The smallest absolute Gasteiger partial charge is 0.324 e. The fraction of sp³-hybridized carbons (Fsp3) is 0.318. The summed E-state index contributed by atoms with van der Waals surface area (Å²) in [6, 6.07) is 14.6. The molecule has 1 aliphatic heterocycles. The van der Waals surface area contributed by atoms with Crippen LogP contribution in [0.4, 0.5) is 0 Å². The van der Waals surface area contributed by atoms with Crippen LogP contribution in [0.25, 0.3) is 0 Å². The molecule has 0 bridgehead atoms. The number of halogens is 1. The van der Waals surface area contributed by atoms with Crippen LogP contribution >= 0.6 is 15.9 Å². The number of amides is 1. The van der Waals surface area contributed by atoms with Gasteiger partial charge in [-0.3, -0.25) is 14.4 Å². The number of rotatable bonds is 6. The summed E-state index contributed by atoms with van der Waals surface area (Å²) >= 11 is 3.41. The van der Waals surface area contributed by atoms with E-state index >= 15 is 0 Å². The third-order valence-electron chi connectivity index (χ3n) is 4.94. The van der Waals surface area contributed by atoms with Crippen molar-refractivity contribution in [3.05, 3.63) is 64.1 Å². The van der Waals surface area contributed by atoms with Gasteiger partial charge in [0.1, 0.15) is 11.7 Å². The van der Waals surface area contributed by atoms with Gasteiger partial charge in [-0.25, -0.2) is 0 Å². The lowest BCUT2D eigenvalue weighted by Gasteiger charge is -2.34. The monoisotopic (exact) mass is 459 g/mol. The number of hydrogen-bond acceptors (Lipinski definition) is 5. The molecule has 2 aromatic carbocycles. The van der Waals surface area contributed by atoms with Crippen LogP contribution in [0.15, 0.2) is 53.0 Å². The third-order valence-corrected chi connectivity index (χ3v) is 5.44. The predicted molar refractivity (Wildman–Crippen MR) is 110 cm³/mol. The summed E-state index contributed by atoms with van der Waals surface area (Å²) in [5, 5.41) is 2.80. The van der Waals surface area contributed by atoms with Crippen LogP contribution in [0.5, 0.6) is 5.75 Å². The van der Waals surface area contributed by atoms with Crippen LogP contribution in [0.1, 0.15) is 30.9 Å². The van der Waals surface area contributed by atoms with Crippen molar-refractivity contribution in [3.63, 3.8) is 0 Å². The number of carbonyl (C=O) groups excluding carboxylic acids is 3. The minimum absolute atomic E-state index is 0.219. The van der Waals surface area contributed by atoms with Crippen LogP contribution in [0.3, 0.4) is 0 Å². The zero-order valence-electron chi connectivity index (χ0n) is 16.2. The predicted octanol–water partition coefficient (Wildman–Crippen LogP) is 3.58. The van der Waals surface area contributed by atoms with E-state index in [9.17, 15) is 14.4 Å². The highest BCUT2D eigenvalue weighted by Crippen LogP contribution is 2.44. The quantitative estimate of drug-likeness (QED) is 0.405. The Balaban J connectivity index is 1.92. The van der Waals surface area contributed by atoms with Crippen molar-refractivity contribution in [2.24, 2.45) is 11.8 Å². The third kappa shape index (κ3) is 4.67. The van der Waals surface area contributed by atoms with E-state index in [4.69, 9.17) is 9.47 Å². The van der Waals surface area contributed by atoms with E-state index in [1.165, 1.54) is 0 Å². The lowest BCUT2D eigenvalue weighted by Crippen LogP contribution is -2.46. The van der Waals surface area contributed by atoms with E-state index < -0.39 is 35.6 Å². The molecule has 0 saturated heterocycles. The lowest BCUT2D eigenvalue weighted by atomic mass is 9.75. The summed E-state index contributed by atoms with van der Waals surface area (Å²) in [6.45, 7) is 3.88. The van der Waals surface area contributed by atoms with E-state index in [-0.39, 0.29) is 13.2 Å². The molecule has 152 valence electrons. The van der Waals surface area contributed by atoms with Gasteiger partial charge in [0.05, 0.1) is 12.5 Å². The number of ether oxygens (including phenoxy) is 2. The van der Waals surface area contributed by atoms with Crippen LogP contribution in [-0.2, 0) is 25.7 Å². The van der Waals surface area contributed by atoms with Crippen molar-refractivity contribution in [2.45, 2.75) is 26.3 Å². The van der Waals surface area contributed by atoms with Gasteiger partial charge in [0.25, 0.3) is 0 Å². The van der Waals surface area contributed by atoms with Crippen molar-refractivity contribution in [2.75, 3.05) is 6.61 Å². The molecule has 0 spiro atoms. The van der Waals surface area contributed by atoms with Gasteiger partial charge in [0.15, 0.2) is 0 Å². The number of esters is 2. The van der Waals surface area contributed by atoms with Crippen molar-refractivity contribution in [1.29, 1.82) is 0 Å². The standard InChI is InChI=1S/C22H22BrNO5/c1-3-28-21(26)13(2)18-16-11-15(23)9-10-17(16)29-22(27)19(18)20(25)24-12-14-7-5-4-6-8-14/h4-11,13,18-19H,3,12H2,1-2H3,(H,24,25)/t13-,18-,19+/m1/s1. The summed E-state index contributed by atoms with van der Waals surface area (Å²) in [7, 11) is 0. The largest absolute Gasteiger partial charge is 0.466 e. The van der Waals surface area contributed by atoms with Gasteiger partial charge in [-0.05, 0) is 30.7 Å². The molecule has 0 radical (unpaired) electrons. The highest BCUT2D eigenvalue weighted by atomic mass is 79.9. The van der Waals surface area contributed by atoms with Crippen LogP contribution in [0.2, 0.25) is 0 Å². The molecule has 0 unspecified atom stereocenters. The zero-order chi connectivity index (χ0) is 21.0. The van der Waals surface area contributed by atoms with Crippen LogP contribution in [-0.4, -0.2) is 24.5 Å². The number of fused-ring (bicyclic) bond motifs is 1. The Morgan fingerprint density at radius 2 is 1.93 bits per heavy atom. The summed E-state index contributed by atoms with van der Waals surface area (Å²) in [5.74, 6) is -3.82. The number of carbonyl (C=O) groups is 3. The van der Waals surface area contributed by atoms with Crippen molar-refractivity contribution in [1.82, 2.24) is 5.32 Å². The maximum absolute atomic E-state index is 13.0. The van der Waals surface area contributed by atoms with Gasteiger partial charge in [-0.15, -0.1) is 0 Å². The number of benzene rings is 2. The molecule has 6 nitrogen and oxygen atoms in total. The SMILES string of the molecule is CCOC(=O)[C@H](C)[C@@H]1c2cc(Br)ccc2OC(=O)[C@@H]1C(=O)NCc1ccccc1. The first-order valence-electron chi connectivity index (χ1n) is 9.41.